The van der Waals surface area contributed by atoms with Gasteiger partial charge in [-0.2, -0.15) is 0 Å². The van der Waals surface area contributed by atoms with E-state index in [1.807, 2.05) is 38.1 Å². The quantitative estimate of drug-likeness (QED) is 0.463. The van der Waals surface area contributed by atoms with Crippen molar-refractivity contribution in [2.75, 3.05) is 11.9 Å². The summed E-state index contributed by atoms with van der Waals surface area (Å²) in [5.41, 5.74) is 3.01. The second-order valence-electron chi connectivity index (χ2n) is 9.01. The topological polar surface area (TPSA) is 93.4 Å². The van der Waals surface area contributed by atoms with Gasteiger partial charge in [-0.3, -0.25) is 19.0 Å². The molecule has 0 radical (unpaired) electrons. The highest BCUT2D eigenvalue weighted by atomic mass is 32.1. The van der Waals surface area contributed by atoms with Crippen LogP contribution in [0.1, 0.15) is 28.5 Å². The van der Waals surface area contributed by atoms with Crippen molar-refractivity contribution in [3.63, 3.8) is 0 Å². The number of amides is 2. The van der Waals surface area contributed by atoms with Crippen molar-refractivity contribution in [2.45, 2.75) is 40.3 Å². The largest absolute Gasteiger partial charge is 0.337 e. The predicted molar refractivity (Wildman–Crippen MR) is 141 cm³/mol. The fourth-order valence-corrected chi connectivity index (χ4v) is 5.99. The van der Waals surface area contributed by atoms with Crippen LogP contribution >= 0.6 is 11.3 Å². The van der Waals surface area contributed by atoms with Gasteiger partial charge in [-0.25, -0.2) is 9.36 Å². The molecule has 2 aromatic carbocycles. The van der Waals surface area contributed by atoms with E-state index >= 15 is 0 Å². The molecule has 184 valence electrons. The van der Waals surface area contributed by atoms with Crippen LogP contribution in [0.2, 0.25) is 0 Å². The highest BCUT2D eigenvalue weighted by Crippen LogP contribution is 2.33. The molecule has 4 aromatic rings. The van der Waals surface area contributed by atoms with Crippen molar-refractivity contribution in [2.24, 2.45) is 0 Å². The number of aryl methyl sites for hydroxylation is 1. The molecule has 1 N–H and O–H groups in total. The van der Waals surface area contributed by atoms with Crippen LogP contribution in [0, 0.1) is 13.8 Å². The Morgan fingerprint density at radius 1 is 1.03 bits per heavy atom. The molecule has 36 heavy (non-hydrogen) atoms. The molecule has 1 aliphatic heterocycles. The zero-order valence-corrected chi connectivity index (χ0v) is 21.1. The lowest BCUT2D eigenvalue weighted by atomic mass is 10.1. The van der Waals surface area contributed by atoms with Gasteiger partial charge in [0, 0.05) is 24.0 Å². The van der Waals surface area contributed by atoms with Crippen LogP contribution in [0.15, 0.2) is 58.1 Å². The number of fused-ring (bicyclic) bond motifs is 3. The molecule has 3 heterocycles. The minimum atomic E-state index is -0.572. The number of rotatable bonds is 4. The third-order valence-corrected chi connectivity index (χ3v) is 8.00. The molecule has 0 saturated carbocycles. The minimum absolute atomic E-state index is 0.0369. The van der Waals surface area contributed by atoms with Gasteiger partial charge in [0.2, 0.25) is 11.8 Å². The van der Waals surface area contributed by atoms with Crippen LogP contribution in [0.25, 0.3) is 15.9 Å². The maximum absolute atomic E-state index is 13.7. The molecule has 2 amide bonds. The molecular weight excluding hydrogens is 476 g/mol. The highest BCUT2D eigenvalue weighted by Gasteiger charge is 2.28. The minimum Gasteiger partial charge on any atom is -0.337 e. The Morgan fingerprint density at radius 3 is 2.50 bits per heavy atom. The number of hydrogen-bond donors (Lipinski definition) is 1. The monoisotopic (exact) mass is 502 g/mol. The third kappa shape index (κ3) is 4.05. The molecule has 1 aliphatic rings. The first-order valence-electron chi connectivity index (χ1n) is 11.7. The van der Waals surface area contributed by atoms with E-state index in [1.54, 1.807) is 29.2 Å². The lowest BCUT2D eigenvalue weighted by molar-refractivity contribution is -0.129. The van der Waals surface area contributed by atoms with E-state index in [0.29, 0.717) is 41.1 Å². The fourth-order valence-electron chi connectivity index (χ4n) is 4.64. The van der Waals surface area contributed by atoms with Crippen molar-refractivity contribution in [1.82, 2.24) is 14.0 Å². The number of hydrogen-bond acceptors (Lipinski definition) is 5. The van der Waals surface area contributed by atoms with E-state index in [0.717, 1.165) is 26.1 Å². The van der Waals surface area contributed by atoms with Gasteiger partial charge in [-0.15, -0.1) is 11.3 Å². The van der Waals surface area contributed by atoms with E-state index in [-0.39, 0.29) is 18.4 Å². The van der Waals surface area contributed by atoms with Gasteiger partial charge in [0.15, 0.2) is 0 Å². The van der Waals surface area contributed by atoms with Crippen LogP contribution in [-0.4, -0.2) is 32.4 Å². The average Bonchev–Trinajstić information content (AvgIpc) is 3.24. The van der Waals surface area contributed by atoms with E-state index in [2.05, 4.69) is 5.32 Å². The van der Waals surface area contributed by atoms with Crippen molar-refractivity contribution in [3.8, 4) is 5.69 Å². The molecule has 0 saturated heterocycles. The van der Waals surface area contributed by atoms with Crippen LogP contribution < -0.4 is 16.6 Å². The number of carbonyl (C=O) groups is 2. The summed E-state index contributed by atoms with van der Waals surface area (Å²) in [5.74, 6) is -0.396. The average molecular weight is 503 g/mol. The number of anilines is 1. The second-order valence-corrected chi connectivity index (χ2v) is 10.1. The van der Waals surface area contributed by atoms with E-state index < -0.39 is 11.2 Å². The first kappa shape index (κ1) is 23.7. The summed E-state index contributed by atoms with van der Waals surface area (Å²) < 4.78 is 2.52. The van der Waals surface area contributed by atoms with E-state index in [9.17, 15) is 19.2 Å². The van der Waals surface area contributed by atoms with Crippen molar-refractivity contribution in [3.05, 3.63) is 90.9 Å². The smallest absolute Gasteiger partial charge is 0.337 e. The van der Waals surface area contributed by atoms with Crippen molar-refractivity contribution >= 4 is 39.1 Å². The van der Waals surface area contributed by atoms with Crippen LogP contribution in [-0.2, 0) is 29.1 Å². The molecule has 0 atom stereocenters. The summed E-state index contributed by atoms with van der Waals surface area (Å²) in [6.45, 7) is 6.07. The molecule has 0 unspecified atom stereocenters. The second kappa shape index (κ2) is 9.23. The Balaban J connectivity index is 1.67. The predicted octanol–water partition coefficient (Wildman–Crippen LogP) is 3.37. The van der Waals surface area contributed by atoms with E-state index in [1.165, 1.54) is 22.8 Å². The van der Waals surface area contributed by atoms with Gasteiger partial charge in [-0.1, -0.05) is 30.3 Å². The van der Waals surface area contributed by atoms with Gasteiger partial charge in [0.05, 0.1) is 17.6 Å². The SMILES string of the molecule is CC(=O)N1CCc2c(sc3c2c(=O)n(-c2ccccc2)c(=O)n3CC(=O)Nc2cccc(C)c2C)C1. The van der Waals surface area contributed by atoms with Crippen LogP contribution in [0.4, 0.5) is 5.69 Å². The number of thiophene rings is 1. The third-order valence-electron chi connectivity index (χ3n) is 6.76. The Kier molecular flexibility index (Phi) is 6.09. The zero-order valence-electron chi connectivity index (χ0n) is 20.3. The van der Waals surface area contributed by atoms with Crippen molar-refractivity contribution < 1.29 is 9.59 Å². The number of benzene rings is 2. The summed E-state index contributed by atoms with van der Waals surface area (Å²) in [5, 5.41) is 3.36. The van der Waals surface area contributed by atoms with Gasteiger partial charge < -0.3 is 10.2 Å². The standard InChI is InChI=1S/C27H26N4O4S/c1-16-8-7-11-21(17(16)2)28-23(33)15-30-26-24(20-12-13-29(18(3)32)14-22(20)36-26)25(34)31(27(30)35)19-9-5-4-6-10-19/h4-11H,12-15H2,1-3H3,(H,28,33). The van der Waals surface area contributed by atoms with E-state index in [4.69, 9.17) is 0 Å². The molecular formula is C27H26N4O4S. The van der Waals surface area contributed by atoms with Gasteiger partial charge >= 0.3 is 5.69 Å². The Labute approximate surface area is 211 Å². The number of nitrogens with one attached hydrogen (secondary N) is 1. The zero-order chi connectivity index (χ0) is 25.6. The van der Waals surface area contributed by atoms with Gasteiger partial charge in [0.1, 0.15) is 11.4 Å². The molecule has 0 fully saturated rings. The Hall–Kier alpha value is -3.98. The molecule has 9 heteroatoms. The lowest BCUT2D eigenvalue weighted by Gasteiger charge is -2.25. The van der Waals surface area contributed by atoms with Crippen LogP contribution in [0.3, 0.4) is 0 Å². The lowest BCUT2D eigenvalue weighted by Crippen LogP contribution is -2.41. The molecule has 5 rings (SSSR count). The Morgan fingerprint density at radius 2 is 1.78 bits per heavy atom. The molecule has 0 spiro atoms. The van der Waals surface area contributed by atoms with Crippen molar-refractivity contribution in [1.29, 1.82) is 0 Å². The van der Waals surface area contributed by atoms with Gasteiger partial charge in [0.25, 0.3) is 5.56 Å². The maximum Gasteiger partial charge on any atom is 0.337 e. The highest BCUT2D eigenvalue weighted by molar-refractivity contribution is 7.18. The fraction of sp³-hybridized carbons (Fsp3) is 0.259. The maximum atomic E-state index is 13.7. The first-order chi connectivity index (χ1) is 17.3. The number of para-hydroxylation sites is 1. The molecule has 2 aromatic heterocycles. The molecule has 0 bridgehead atoms. The summed E-state index contributed by atoms with van der Waals surface area (Å²) in [4.78, 5) is 55.6. The normalized spacial score (nSPS) is 13.0. The molecule has 8 nitrogen and oxygen atoms in total. The summed E-state index contributed by atoms with van der Waals surface area (Å²) in [6.07, 6.45) is 0.520. The number of aromatic nitrogens is 2. The molecule has 0 aliphatic carbocycles. The summed E-state index contributed by atoms with van der Waals surface area (Å²) >= 11 is 1.31. The Bertz CT molecular complexity index is 1630. The van der Waals surface area contributed by atoms with Gasteiger partial charge in [-0.05, 0) is 55.2 Å². The summed E-state index contributed by atoms with van der Waals surface area (Å²) in [6, 6.07) is 14.4. The summed E-state index contributed by atoms with van der Waals surface area (Å²) in [7, 11) is 0. The first-order valence-corrected chi connectivity index (χ1v) is 12.5. The van der Waals surface area contributed by atoms with Crippen LogP contribution in [0.5, 0.6) is 0 Å². The number of carbonyl (C=O) groups excluding carboxylic acids is 2. The number of nitrogens with zero attached hydrogens (tertiary/aromatic N) is 3.